The Bertz CT molecular complexity index is 1050. The largest absolute Gasteiger partial charge is 0.276 e. The molecule has 3 aromatic rings. The number of aromatic nitrogens is 2. The van der Waals surface area contributed by atoms with Gasteiger partial charge < -0.3 is 0 Å². The van der Waals surface area contributed by atoms with Crippen molar-refractivity contribution in [2.24, 2.45) is 0 Å². The molecule has 26 heavy (non-hydrogen) atoms. The lowest BCUT2D eigenvalue weighted by Crippen LogP contribution is -2.14. The van der Waals surface area contributed by atoms with Crippen molar-refractivity contribution in [2.45, 2.75) is 11.4 Å². The maximum atomic E-state index is 13.7. The van der Waals surface area contributed by atoms with Crippen molar-refractivity contribution < 1.29 is 17.2 Å². The van der Waals surface area contributed by atoms with Gasteiger partial charge in [0.1, 0.15) is 16.5 Å². The van der Waals surface area contributed by atoms with Crippen LogP contribution < -0.4 is 4.72 Å². The monoisotopic (exact) mass is 417 g/mol. The van der Waals surface area contributed by atoms with Gasteiger partial charge >= 0.3 is 0 Å². The van der Waals surface area contributed by atoms with E-state index in [0.29, 0.717) is 21.7 Å². The molecule has 10 heteroatoms. The second kappa shape index (κ2) is 7.22. The van der Waals surface area contributed by atoms with E-state index in [-0.39, 0.29) is 12.2 Å². The van der Waals surface area contributed by atoms with Crippen LogP contribution in [0.3, 0.4) is 0 Å². The molecule has 0 fully saturated rings. The summed E-state index contributed by atoms with van der Waals surface area (Å²) in [6, 6.07) is 7.22. The number of rotatable bonds is 5. The van der Waals surface area contributed by atoms with Crippen LogP contribution in [0.5, 0.6) is 0 Å². The Balaban J connectivity index is 1.83. The van der Waals surface area contributed by atoms with E-state index in [4.69, 9.17) is 23.2 Å². The van der Waals surface area contributed by atoms with Crippen LogP contribution in [-0.2, 0) is 16.6 Å². The Morgan fingerprint density at radius 1 is 1.12 bits per heavy atom. The van der Waals surface area contributed by atoms with Crippen LogP contribution in [0.4, 0.5) is 14.5 Å². The number of anilines is 1. The van der Waals surface area contributed by atoms with Crippen molar-refractivity contribution in [3.8, 4) is 0 Å². The summed E-state index contributed by atoms with van der Waals surface area (Å²) in [5.41, 5.74) is 0.696. The highest BCUT2D eigenvalue weighted by Gasteiger charge is 2.21. The first-order valence-electron chi connectivity index (χ1n) is 7.19. The Kier molecular flexibility index (Phi) is 5.17. The van der Waals surface area contributed by atoms with E-state index in [1.54, 1.807) is 18.2 Å². The van der Waals surface area contributed by atoms with E-state index in [2.05, 4.69) is 9.82 Å². The van der Waals surface area contributed by atoms with Crippen molar-refractivity contribution in [2.75, 3.05) is 4.72 Å². The molecular weight excluding hydrogens is 407 g/mol. The molecule has 0 amide bonds. The quantitative estimate of drug-likeness (QED) is 0.672. The maximum absolute atomic E-state index is 13.7. The number of nitrogens with zero attached hydrogens (tertiary/aromatic N) is 2. The van der Waals surface area contributed by atoms with E-state index < -0.39 is 26.6 Å². The molecule has 1 aromatic heterocycles. The Morgan fingerprint density at radius 2 is 1.81 bits per heavy atom. The lowest BCUT2D eigenvalue weighted by atomic mass is 10.2. The highest BCUT2D eigenvalue weighted by atomic mass is 35.5. The van der Waals surface area contributed by atoms with Crippen LogP contribution in [-0.4, -0.2) is 18.2 Å². The number of nitrogens with one attached hydrogen (secondary N) is 1. The van der Waals surface area contributed by atoms with Crippen LogP contribution in [0.15, 0.2) is 53.7 Å². The summed E-state index contributed by atoms with van der Waals surface area (Å²) in [6.45, 7) is 0.203. The fraction of sp³-hybridized carbons (Fsp3) is 0.0625. The average molecular weight is 418 g/mol. The van der Waals surface area contributed by atoms with Gasteiger partial charge in [0, 0.05) is 21.8 Å². The van der Waals surface area contributed by atoms with Crippen molar-refractivity contribution in [3.05, 3.63) is 76.0 Å². The zero-order valence-corrected chi connectivity index (χ0v) is 15.3. The average Bonchev–Trinajstić information content (AvgIpc) is 2.99. The van der Waals surface area contributed by atoms with Crippen molar-refractivity contribution in [1.29, 1.82) is 0 Å². The third kappa shape index (κ3) is 3.98. The van der Waals surface area contributed by atoms with Gasteiger partial charge in [0.25, 0.3) is 10.0 Å². The normalized spacial score (nSPS) is 11.5. The molecule has 0 atom stereocenters. The van der Waals surface area contributed by atoms with Crippen LogP contribution in [0.1, 0.15) is 5.56 Å². The number of halogens is 4. The maximum Gasteiger partial charge on any atom is 0.265 e. The van der Waals surface area contributed by atoms with E-state index >= 15 is 0 Å². The van der Waals surface area contributed by atoms with Gasteiger partial charge in [-0.25, -0.2) is 17.2 Å². The summed E-state index contributed by atoms with van der Waals surface area (Å²) < 4.78 is 55.0. The second-order valence-corrected chi connectivity index (χ2v) is 7.77. The number of hydrogen-bond acceptors (Lipinski definition) is 3. The zero-order valence-electron chi connectivity index (χ0n) is 13.0. The van der Waals surface area contributed by atoms with Crippen LogP contribution >= 0.6 is 23.2 Å². The SMILES string of the molecule is O=S(=O)(Nc1cnn(Cc2c(Cl)cccc2Cl)c1)c1cc(F)ccc1F. The van der Waals surface area contributed by atoms with Gasteiger partial charge in [0.2, 0.25) is 0 Å². The first-order valence-corrected chi connectivity index (χ1v) is 9.43. The lowest BCUT2D eigenvalue weighted by molar-refractivity contribution is 0.555. The first kappa shape index (κ1) is 18.6. The molecule has 0 saturated heterocycles. The predicted octanol–water partition coefficient (Wildman–Crippen LogP) is 4.32. The van der Waals surface area contributed by atoms with Gasteiger partial charge in [-0.3, -0.25) is 9.40 Å². The molecule has 5 nitrogen and oxygen atoms in total. The molecule has 0 radical (unpaired) electrons. The van der Waals surface area contributed by atoms with Crippen LogP contribution in [0.2, 0.25) is 10.0 Å². The van der Waals surface area contributed by atoms with Gasteiger partial charge in [-0.05, 0) is 30.3 Å². The minimum absolute atomic E-state index is 0.0804. The summed E-state index contributed by atoms with van der Waals surface area (Å²) in [5.74, 6) is -1.93. The standard InChI is InChI=1S/C16H11Cl2F2N3O2S/c17-13-2-1-3-14(18)12(13)9-23-8-11(7-21-23)22-26(24,25)16-6-10(19)4-5-15(16)20/h1-8,22H,9H2. The molecular formula is C16H11Cl2F2N3O2S. The van der Waals surface area contributed by atoms with Gasteiger partial charge in [0.05, 0.1) is 18.4 Å². The van der Waals surface area contributed by atoms with Crippen LogP contribution in [0.25, 0.3) is 0 Å². The van der Waals surface area contributed by atoms with Gasteiger partial charge in [-0.15, -0.1) is 0 Å². The minimum atomic E-state index is -4.31. The summed E-state index contributed by atoms with van der Waals surface area (Å²) in [4.78, 5) is -0.792. The first-order chi connectivity index (χ1) is 12.3. The molecule has 1 heterocycles. The zero-order chi connectivity index (χ0) is 18.9. The molecule has 136 valence electrons. The summed E-state index contributed by atoms with van der Waals surface area (Å²) >= 11 is 12.2. The summed E-state index contributed by atoms with van der Waals surface area (Å²) in [7, 11) is -4.31. The highest BCUT2D eigenvalue weighted by molar-refractivity contribution is 7.92. The Labute approximate surface area is 158 Å². The van der Waals surface area contributed by atoms with Crippen LogP contribution in [0, 0.1) is 11.6 Å². The summed E-state index contributed by atoms with van der Waals surface area (Å²) in [5, 5.41) is 4.90. The molecule has 0 saturated carbocycles. The van der Waals surface area contributed by atoms with E-state index in [1.807, 2.05) is 0 Å². The summed E-state index contributed by atoms with van der Waals surface area (Å²) in [6.07, 6.45) is 2.62. The Morgan fingerprint density at radius 3 is 2.50 bits per heavy atom. The predicted molar refractivity (Wildman–Crippen MR) is 95.0 cm³/mol. The van der Waals surface area contributed by atoms with E-state index in [1.165, 1.54) is 17.1 Å². The number of sulfonamides is 1. The molecule has 0 aliphatic rings. The molecule has 0 unspecified atom stereocenters. The fourth-order valence-corrected chi connectivity index (χ4v) is 3.88. The lowest BCUT2D eigenvalue weighted by Gasteiger charge is -2.08. The van der Waals surface area contributed by atoms with Crippen molar-refractivity contribution >= 4 is 38.9 Å². The molecule has 0 bridgehead atoms. The third-order valence-corrected chi connectivity index (χ3v) is 5.55. The van der Waals surface area contributed by atoms with E-state index in [0.717, 1.165) is 12.1 Å². The smallest absolute Gasteiger partial charge is 0.265 e. The Hall–Kier alpha value is -2.16. The molecule has 3 rings (SSSR count). The highest BCUT2D eigenvalue weighted by Crippen LogP contribution is 2.25. The third-order valence-electron chi connectivity index (χ3n) is 3.45. The minimum Gasteiger partial charge on any atom is -0.276 e. The molecule has 0 aliphatic carbocycles. The molecule has 2 aromatic carbocycles. The molecule has 0 aliphatic heterocycles. The fourth-order valence-electron chi connectivity index (χ4n) is 2.24. The number of hydrogen-bond donors (Lipinski definition) is 1. The number of benzene rings is 2. The molecule has 1 N–H and O–H groups in total. The van der Waals surface area contributed by atoms with Gasteiger partial charge in [-0.2, -0.15) is 5.10 Å². The molecule has 0 spiro atoms. The van der Waals surface area contributed by atoms with Crippen molar-refractivity contribution in [1.82, 2.24) is 9.78 Å². The van der Waals surface area contributed by atoms with Crippen molar-refractivity contribution in [3.63, 3.8) is 0 Å². The van der Waals surface area contributed by atoms with Gasteiger partial charge in [-0.1, -0.05) is 29.3 Å². The second-order valence-electron chi connectivity index (χ2n) is 5.31. The topological polar surface area (TPSA) is 64.0 Å². The van der Waals surface area contributed by atoms with Gasteiger partial charge in [0.15, 0.2) is 0 Å². The van der Waals surface area contributed by atoms with E-state index in [9.17, 15) is 17.2 Å².